The highest BCUT2D eigenvalue weighted by Crippen LogP contribution is 2.24. The molecule has 0 spiro atoms. The van der Waals surface area contributed by atoms with Gasteiger partial charge in [-0.3, -0.25) is 19.3 Å². The highest BCUT2D eigenvalue weighted by Gasteiger charge is 2.17. The van der Waals surface area contributed by atoms with Crippen LogP contribution in [0.25, 0.3) is 10.1 Å². The number of hydrogen-bond acceptors (Lipinski definition) is 5. The van der Waals surface area contributed by atoms with Crippen molar-refractivity contribution in [3.05, 3.63) is 69.0 Å². The van der Waals surface area contributed by atoms with E-state index < -0.39 is 4.92 Å². The van der Waals surface area contributed by atoms with E-state index in [-0.39, 0.29) is 16.8 Å². The molecule has 0 radical (unpaired) electrons. The van der Waals surface area contributed by atoms with E-state index in [0.717, 1.165) is 16.5 Å². The van der Waals surface area contributed by atoms with E-state index in [1.807, 2.05) is 45.0 Å². The second-order valence-electron chi connectivity index (χ2n) is 6.00. The summed E-state index contributed by atoms with van der Waals surface area (Å²) in [6.45, 7) is 5.91. The van der Waals surface area contributed by atoms with Gasteiger partial charge in [0.15, 0.2) is 0 Å². The van der Waals surface area contributed by atoms with Crippen molar-refractivity contribution >= 4 is 27.3 Å². The Labute approximate surface area is 149 Å². The smallest absolute Gasteiger partial charge is 0.273 e. The molecule has 0 aliphatic rings. The van der Waals surface area contributed by atoms with Crippen molar-refractivity contribution in [2.45, 2.75) is 32.8 Å². The number of benzene rings is 2. The maximum Gasteiger partial charge on any atom is 0.273 e. The molecule has 0 saturated heterocycles. The van der Waals surface area contributed by atoms with Gasteiger partial charge in [-0.2, -0.15) is 0 Å². The molecule has 3 aromatic rings. The zero-order valence-electron chi connectivity index (χ0n) is 14.3. The maximum absolute atomic E-state index is 10.9. The van der Waals surface area contributed by atoms with Crippen molar-refractivity contribution in [2.75, 3.05) is 0 Å². The molecule has 3 rings (SSSR count). The molecule has 7 heteroatoms. The van der Waals surface area contributed by atoms with Gasteiger partial charge in [0.05, 0.1) is 21.1 Å². The predicted octanol–water partition coefficient (Wildman–Crippen LogP) is 4.75. The van der Waals surface area contributed by atoms with Gasteiger partial charge in [-0.1, -0.05) is 36.7 Å². The summed E-state index contributed by atoms with van der Waals surface area (Å²) in [7, 11) is 0. The first-order valence-corrected chi connectivity index (χ1v) is 8.64. The molecule has 132 valence electrons. The Morgan fingerprint density at radius 3 is 2.56 bits per heavy atom. The molecule has 0 aliphatic heterocycles. The van der Waals surface area contributed by atoms with Crippen molar-refractivity contribution in [1.82, 2.24) is 4.37 Å². The highest BCUT2D eigenvalue weighted by atomic mass is 32.1. The Hall–Kier alpha value is -2.67. The number of nitro benzene ring substituents is 1. The zero-order valence-corrected chi connectivity index (χ0v) is 15.1. The fraction of sp³-hybridized carbons (Fsp3) is 0.278. The molecule has 25 heavy (non-hydrogen) atoms. The summed E-state index contributed by atoms with van der Waals surface area (Å²) < 4.78 is 9.32. The first-order valence-electron chi connectivity index (χ1n) is 7.82. The van der Waals surface area contributed by atoms with Crippen molar-refractivity contribution in [3.63, 3.8) is 0 Å². The Morgan fingerprint density at radius 1 is 1.20 bits per heavy atom. The van der Waals surface area contributed by atoms with Gasteiger partial charge in [0.2, 0.25) is 0 Å². The van der Waals surface area contributed by atoms with Crippen LogP contribution in [0.5, 0.6) is 5.75 Å². The lowest BCUT2D eigenvalue weighted by Gasteiger charge is -2.24. The van der Waals surface area contributed by atoms with Crippen LogP contribution in [-0.2, 0) is 0 Å². The summed E-state index contributed by atoms with van der Waals surface area (Å²) in [6.07, 6.45) is 0.843. The molecule has 0 saturated carbocycles. The van der Waals surface area contributed by atoms with Crippen LogP contribution in [0.1, 0.15) is 27.2 Å². The molecule has 1 heterocycles. The lowest BCUT2D eigenvalue weighted by atomic mass is 10.1. The molecular formula is C18H20N2O4S. The molecule has 0 fully saturated rings. The number of nitrogens with one attached hydrogen (secondary N) is 1. The number of non-ortho nitro benzene ring substituents is 1. The monoisotopic (exact) mass is 360 g/mol. The van der Waals surface area contributed by atoms with Gasteiger partial charge in [-0.25, -0.2) is 0 Å². The van der Waals surface area contributed by atoms with Crippen LogP contribution in [0.2, 0.25) is 0 Å². The van der Waals surface area contributed by atoms with Crippen LogP contribution in [-0.4, -0.2) is 14.9 Å². The minimum absolute atomic E-state index is 0.0144. The largest absolute Gasteiger partial charge is 0.488 e. The molecule has 0 bridgehead atoms. The molecule has 0 amide bonds. The second kappa shape index (κ2) is 7.94. The average Bonchev–Trinajstić information content (AvgIpc) is 2.97. The van der Waals surface area contributed by atoms with Gasteiger partial charge in [-0.15, -0.1) is 0 Å². The summed E-state index contributed by atoms with van der Waals surface area (Å²) in [5.41, 5.74) is -0.227. The van der Waals surface area contributed by atoms with E-state index in [1.165, 1.54) is 23.7 Å². The molecule has 0 atom stereocenters. The summed E-state index contributed by atoms with van der Waals surface area (Å²) in [5, 5.41) is 11.3. The van der Waals surface area contributed by atoms with Crippen molar-refractivity contribution in [1.29, 1.82) is 0 Å². The van der Waals surface area contributed by atoms with Crippen LogP contribution >= 0.6 is 11.5 Å². The van der Waals surface area contributed by atoms with E-state index in [1.54, 1.807) is 12.1 Å². The van der Waals surface area contributed by atoms with E-state index in [2.05, 4.69) is 4.37 Å². The van der Waals surface area contributed by atoms with Gasteiger partial charge in [-0.05, 0) is 38.5 Å². The van der Waals surface area contributed by atoms with Crippen LogP contribution in [0.15, 0.2) is 53.3 Å². The van der Waals surface area contributed by atoms with Gasteiger partial charge >= 0.3 is 0 Å². The molecule has 1 N–H and O–H groups in total. The number of H-pyrrole nitrogens is 1. The SMILES string of the molecule is CCC(C)(C)Oc1cccc([N+](=O)[O-])c1.O=c1[nH]sc2ccccc12. The summed E-state index contributed by atoms with van der Waals surface area (Å²) >= 11 is 1.38. The van der Waals surface area contributed by atoms with Crippen LogP contribution in [0.3, 0.4) is 0 Å². The number of nitro groups is 1. The number of nitrogens with zero attached hydrogens (tertiary/aromatic N) is 1. The number of hydrogen-bond donors (Lipinski definition) is 1. The van der Waals surface area contributed by atoms with E-state index >= 15 is 0 Å². The van der Waals surface area contributed by atoms with Gasteiger partial charge in [0.1, 0.15) is 11.4 Å². The third kappa shape index (κ3) is 5.15. The molecule has 1 aromatic heterocycles. The number of fused-ring (bicyclic) bond motifs is 1. The van der Waals surface area contributed by atoms with Gasteiger partial charge in [0.25, 0.3) is 11.2 Å². The number of aromatic amines is 1. The van der Waals surface area contributed by atoms with Crippen molar-refractivity contribution < 1.29 is 9.66 Å². The number of ether oxygens (including phenoxy) is 1. The van der Waals surface area contributed by atoms with Gasteiger partial charge in [0, 0.05) is 6.07 Å². The second-order valence-corrected chi connectivity index (χ2v) is 6.85. The first kappa shape index (κ1) is 18.7. The quantitative estimate of drug-likeness (QED) is 0.537. The molecule has 0 aliphatic carbocycles. The van der Waals surface area contributed by atoms with Crippen molar-refractivity contribution in [3.8, 4) is 5.75 Å². The highest BCUT2D eigenvalue weighted by molar-refractivity contribution is 7.13. The first-order chi connectivity index (χ1) is 11.8. The predicted molar refractivity (Wildman–Crippen MR) is 101 cm³/mol. The van der Waals surface area contributed by atoms with E-state index in [4.69, 9.17) is 4.74 Å². The lowest BCUT2D eigenvalue weighted by molar-refractivity contribution is -0.385. The molecular weight excluding hydrogens is 340 g/mol. The van der Waals surface area contributed by atoms with Gasteiger partial charge < -0.3 is 4.74 Å². The Morgan fingerprint density at radius 2 is 1.92 bits per heavy atom. The fourth-order valence-corrected chi connectivity index (χ4v) is 2.68. The van der Waals surface area contributed by atoms with Crippen LogP contribution in [0.4, 0.5) is 5.69 Å². The summed E-state index contributed by atoms with van der Waals surface area (Å²) in [4.78, 5) is 21.0. The minimum Gasteiger partial charge on any atom is -0.488 e. The Kier molecular flexibility index (Phi) is 5.93. The normalized spacial score (nSPS) is 10.8. The Bertz CT molecular complexity index is 914. The molecule has 2 aromatic carbocycles. The minimum atomic E-state index is -0.425. The maximum atomic E-state index is 10.9. The standard InChI is InChI=1S/C11H15NO3.C7H5NOS/c1-4-11(2,3)15-10-7-5-6-9(8-10)12(13)14;9-7-5-3-1-2-4-6(5)10-8-7/h5-8H,4H2,1-3H3;1-4H,(H,8,9). The molecule has 6 nitrogen and oxygen atoms in total. The third-order valence-corrected chi connectivity index (χ3v) is 4.52. The average molecular weight is 360 g/mol. The van der Waals surface area contributed by atoms with E-state index in [9.17, 15) is 14.9 Å². The topological polar surface area (TPSA) is 85.2 Å². The third-order valence-electron chi connectivity index (χ3n) is 3.66. The fourth-order valence-electron chi connectivity index (χ4n) is 1.95. The summed E-state index contributed by atoms with van der Waals surface area (Å²) in [6, 6.07) is 13.8. The molecule has 0 unspecified atom stereocenters. The van der Waals surface area contributed by atoms with Crippen molar-refractivity contribution in [2.24, 2.45) is 0 Å². The lowest BCUT2D eigenvalue weighted by Crippen LogP contribution is -2.26. The van der Waals surface area contributed by atoms with Crippen LogP contribution < -0.4 is 10.3 Å². The Balaban J connectivity index is 0.000000194. The zero-order chi connectivity index (χ0) is 18.4. The van der Waals surface area contributed by atoms with E-state index in [0.29, 0.717) is 5.75 Å². The summed E-state index contributed by atoms with van der Waals surface area (Å²) in [5.74, 6) is 0.538. The number of rotatable bonds is 4. The number of aromatic nitrogens is 1. The van der Waals surface area contributed by atoms with Crippen LogP contribution in [0, 0.1) is 10.1 Å².